The third-order valence-electron chi connectivity index (χ3n) is 5.83. The van der Waals surface area contributed by atoms with Crippen molar-refractivity contribution in [3.05, 3.63) is 95.1 Å². The lowest BCUT2D eigenvalue weighted by Gasteiger charge is -2.21. The first-order chi connectivity index (χ1) is 15.1. The van der Waals surface area contributed by atoms with Gasteiger partial charge in [-0.15, -0.1) is 0 Å². The van der Waals surface area contributed by atoms with Crippen LogP contribution in [-0.4, -0.2) is 23.8 Å². The third-order valence-corrected chi connectivity index (χ3v) is 5.83. The number of ether oxygens (including phenoxy) is 1. The van der Waals surface area contributed by atoms with Gasteiger partial charge in [0.15, 0.2) is 0 Å². The number of carbonyl (C=O) groups is 2. The number of carbonyl (C=O) groups excluding carboxylic acids is 1. The molecule has 2 N–H and O–H groups in total. The number of rotatable bonds is 7. The summed E-state index contributed by atoms with van der Waals surface area (Å²) in [7, 11) is 0. The van der Waals surface area contributed by atoms with E-state index in [4.69, 9.17) is 4.74 Å². The predicted molar refractivity (Wildman–Crippen MR) is 119 cm³/mol. The topological polar surface area (TPSA) is 75.6 Å². The fourth-order valence-corrected chi connectivity index (χ4v) is 4.39. The monoisotopic (exact) mass is 415 g/mol. The second kappa shape index (κ2) is 9.04. The first kappa shape index (κ1) is 20.7. The van der Waals surface area contributed by atoms with Crippen molar-refractivity contribution >= 4 is 12.1 Å². The Kier molecular flexibility index (Phi) is 6.03. The van der Waals surface area contributed by atoms with Gasteiger partial charge in [0.05, 0.1) is 12.5 Å². The van der Waals surface area contributed by atoms with Gasteiger partial charge in [0.2, 0.25) is 0 Å². The fraction of sp³-hybridized carbons (Fsp3) is 0.231. The van der Waals surface area contributed by atoms with E-state index in [1.54, 1.807) is 0 Å². The van der Waals surface area contributed by atoms with Gasteiger partial charge >= 0.3 is 12.1 Å². The summed E-state index contributed by atoms with van der Waals surface area (Å²) in [5.74, 6) is -1.02. The smallest absolute Gasteiger partial charge is 0.407 e. The summed E-state index contributed by atoms with van der Waals surface area (Å²) in [5, 5.41) is 12.1. The van der Waals surface area contributed by atoms with E-state index < -0.39 is 18.1 Å². The van der Waals surface area contributed by atoms with E-state index in [1.807, 2.05) is 55.5 Å². The molecular weight excluding hydrogens is 390 g/mol. The van der Waals surface area contributed by atoms with Crippen molar-refractivity contribution in [1.82, 2.24) is 5.32 Å². The molecule has 1 aliphatic carbocycles. The summed E-state index contributed by atoms with van der Waals surface area (Å²) >= 11 is 0. The number of amides is 1. The van der Waals surface area contributed by atoms with Crippen molar-refractivity contribution in [3.8, 4) is 11.1 Å². The van der Waals surface area contributed by atoms with Crippen LogP contribution in [0.15, 0.2) is 72.8 Å². The lowest BCUT2D eigenvalue weighted by atomic mass is 9.96. The number of hydrogen-bond acceptors (Lipinski definition) is 3. The molecule has 31 heavy (non-hydrogen) atoms. The van der Waals surface area contributed by atoms with Crippen LogP contribution in [0.5, 0.6) is 0 Å². The number of fused-ring (bicyclic) bond motifs is 3. The summed E-state index contributed by atoms with van der Waals surface area (Å²) in [6.45, 7) is 2.19. The Morgan fingerprint density at radius 1 is 0.935 bits per heavy atom. The van der Waals surface area contributed by atoms with E-state index in [1.165, 1.54) is 0 Å². The molecule has 0 heterocycles. The van der Waals surface area contributed by atoms with Crippen molar-refractivity contribution < 1.29 is 19.4 Å². The molecule has 0 saturated carbocycles. The highest BCUT2D eigenvalue weighted by molar-refractivity contribution is 5.79. The minimum atomic E-state index is -0.977. The molecule has 0 spiro atoms. The van der Waals surface area contributed by atoms with E-state index in [0.717, 1.165) is 39.8 Å². The minimum Gasteiger partial charge on any atom is -0.481 e. The van der Waals surface area contributed by atoms with Gasteiger partial charge in [-0.2, -0.15) is 0 Å². The molecule has 1 atom stereocenters. The second-order valence-corrected chi connectivity index (χ2v) is 7.67. The number of aliphatic carboxylic acids is 1. The molecule has 4 rings (SSSR count). The summed E-state index contributed by atoms with van der Waals surface area (Å²) in [4.78, 5) is 24.1. The highest BCUT2D eigenvalue weighted by Crippen LogP contribution is 2.44. The first-order valence-corrected chi connectivity index (χ1v) is 10.5. The molecule has 158 valence electrons. The SMILES string of the molecule is CCc1ccccc1C(CC(=O)O)NC(=O)OCC1c2ccccc2-c2ccccc21. The summed E-state index contributed by atoms with van der Waals surface area (Å²) < 4.78 is 5.60. The average Bonchev–Trinajstić information content (AvgIpc) is 3.11. The Morgan fingerprint density at radius 2 is 1.52 bits per heavy atom. The fourth-order valence-electron chi connectivity index (χ4n) is 4.39. The number of carboxylic acid groups (broad SMARTS) is 1. The number of carboxylic acids is 1. The van der Waals surface area contributed by atoms with Gasteiger partial charge in [-0.25, -0.2) is 4.79 Å². The van der Waals surface area contributed by atoms with Crippen LogP contribution in [0.25, 0.3) is 11.1 Å². The molecule has 0 radical (unpaired) electrons. The molecule has 0 aliphatic heterocycles. The van der Waals surface area contributed by atoms with Crippen LogP contribution < -0.4 is 5.32 Å². The Labute approximate surface area is 181 Å². The molecule has 5 nitrogen and oxygen atoms in total. The number of aryl methyl sites for hydroxylation is 1. The maximum Gasteiger partial charge on any atom is 0.407 e. The van der Waals surface area contributed by atoms with Crippen molar-refractivity contribution in [1.29, 1.82) is 0 Å². The van der Waals surface area contributed by atoms with Crippen LogP contribution in [0.4, 0.5) is 4.79 Å². The van der Waals surface area contributed by atoms with E-state index >= 15 is 0 Å². The molecule has 0 saturated heterocycles. The number of hydrogen-bond donors (Lipinski definition) is 2. The second-order valence-electron chi connectivity index (χ2n) is 7.67. The van der Waals surface area contributed by atoms with Crippen LogP contribution in [-0.2, 0) is 16.0 Å². The van der Waals surface area contributed by atoms with Crippen molar-refractivity contribution in [3.63, 3.8) is 0 Å². The van der Waals surface area contributed by atoms with Gasteiger partial charge in [-0.1, -0.05) is 79.7 Å². The largest absolute Gasteiger partial charge is 0.481 e. The van der Waals surface area contributed by atoms with E-state index in [2.05, 4.69) is 29.6 Å². The summed E-state index contributed by atoms with van der Waals surface area (Å²) in [6.07, 6.45) is -0.0705. The number of benzene rings is 3. The molecule has 1 aliphatic rings. The van der Waals surface area contributed by atoms with Crippen LogP contribution >= 0.6 is 0 Å². The molecule has 3 aromatic rings. The lowest BCUT2D eigenvalue weighted by Crippen LogP contribution is -2.32. The highest BCUT2D eigenvalue weighted by atomic mass is 16.5. The zero-order valence-electron chi connectivity index (χ0n) is 17.4. The average molecular weight is 415 g/mol. The first-order valence-electron chi connectivity index (χ1n) is 10.5. The summed E-state index contributed by atoms with van der Waals surface area (Å²) in [5.41, 5.74) is 6.40. The predicted octanol–water partition coefficient (Wildman–Crippen LogP) is 5.30. The maximum atomic E-state index is 12.7. The maximum absolute atomic E-state index is 12.7. The quantitative estimate of drug-likeness (QED) is 0.549. The molecule has 1 unspecified atom stereocenters. The normalized spacial score (nSPS) is 13.2. The van der Waals surface area contributed by atoms with Crippen molar-refractivity contribution in [2.24, 2.45) is 0 Å². The Balaban J connectivity index is 1.50. The van der Waals surface area contributed by atoms with E-state index in [-0.39, 0.29) is 18.9 Å². The Bertz CT molecular complexity index is 1060. The Hall–Kier alpha value is -3.60. The van der Waals surface area contributed by atoms with Gasteiger partial charge < -0.3 is 15.2 Å². The minimum absolute atomic E-state index is 0.0426. The van der Waals surface area contributed by atoms with E-state index in [0.29, 0.717) is 0 Å². The van der Waals surface area contributed by atoms with Crippen LogP contribution in [0.2, 0.25) is 0 Å². The third kappa shape index (κ3) is 4.31. The summed E-state index contributed by atoms with van der Waals surface area (Å²) in [6, 6.07) is 23.2. The zero-order chi connectivity index (χ0) is 21.8. The zero-order valence-corrected chi connectivity index (χ0v) is 17.4. The molecule has 3 aromatic carbocycles. The van der Waals surface area contributed by atoms with Crippen LogP contribution in [0.1, 0.15) is 47.6 Å². The molecule has 0 fully saturated rings. The lowest BCUT2D eigenvalue weighted by molar-refractivity contribution is -0.137. The van der Waals surface area contributed by atoms with Crippen molar-refractivity contribution in [2.75, 3.05) is 6.61 Å². The number of alkyl carbamates (subject to hydrolysis) is 1. The highest BCUT2D eigenvalue weighted by Gasteiger charge is 2.29. The van der Waals surface area contributed by atoms with E-state index in [9.17, 15) is 14.7 Å². The van der Waals surface area contributed by atoms with Crippen molar-refractivity contribution in [2.45, 2.75) is 31.7 Å². The molecule has 5 heteroatoms. The molecular formula is C26H25NO4. The standard InChI is InChI=1S/C26H25NO4/c1-2-17-9-3-4-10-18(17)24(15-25(28)29)27-26(30)31-16-23-21-13-7-5-11-19(21)20-12-6-8-14-22(20)23/h3-14,23-24H,2,15-16H2,1H3,(H,27,30)(H,28,29). The van der Waals surface area contributed by atoms with Gasteiger partial charge in [0.25, 0.3) is 0 Å². The van der Waals surface area contributed by atoms with Crippen LogP contribution in [0.3, 0.4) is 0 Å². The molecule has 0 bridgehead atoms. The molecule has 0 aromatic heterocycles. The van der Waals surface area contributed by atoms with Gasteiger partial charge in [0.1, 0.15) is 6.61 Å². The Morgan fingerprint density at radius 3 is 2.13 bits per heavy atom. The van der Waals surface area contributed by atoms with Gasteiger partial charge in [-0.05, 0) is 39.8 Å². The number of nitrogens with one attached hydrogen (secondary N) is 1. The molecule has 1 amide bonds. The van der Waals surface area contributed by atoms with Gasteiger partial charge in [-0.3, -0.25) is 4.79 Å². The van der Waals surface area contributed by atoms with Crippen LogP contribution in [0, 0.1) is 0 Å². The van der Waals surface area contributed by atoms with Gasteiger partial charge in [0, 0.05) is 5.92 Å².